The highest BCUT2D eigenvalue weighted by Crippen LogP contribution is 2.56. The van der Waals surface area contributed by atoms with Crippen molar-refractivity contribution in [1.82, 2.24) is 0 Å². The van der Waals surface area contributed by atoms with Crippen molar-refractivity contribution < 1.29 is 18.6 Å². The highest BCUT2D eigenvalue weighted by Gasteiger charge is 2.40. The summed E-state index contributed by atoms with van der Waals surface area (Å²) >= 11 is 0. The summed E-state index contributed by atoms with van der Waals surface area (Å²) in [6.45, 7) is 0. The molecule has 0 N–H and O–H groups in total. The van der Waals surface area contributed by atoms with E-state index in [1.54, 1.807) is 26.4 Å². The maximum absolute atomic E-state index is 14.7. The predicted molar refractivity (Wildman–Crippen MR) is 133 cm³/mol. The van der Waals surface area contributed by atoms with Crippen molar-refractivity contribution >= 4 is 29.3 Å². The first-order chi connectivity index (χ1) is 16.1. The van der Waals surface area contributed by atoms with Crippen molar-refractivity contribution in [2.75, 3.05) is 14.2 Å². The Morgan fingerprint density at radius 1 is 0.667 bits per heavy atom. The molecule has 0 amide bonds. The van der Waals surface area contributed by atoms with Crippen LogP contribution in [-0.2, 0) is 9.09 Å². The van der Waals surface area contributed by atoms with Crippen LogP contribution in [0, 0.1) is 0 Å². The molecule has 5 rings (SSSR count). The zero-order valence-electron chi connectivity index (χ0n) is 18.4. The van der Waals surface area contributed by atoms with Gasteiger partial charge in [-0.15, -0.1) is 0 Å². The number of ether oxygens (including phenoxy) is 2. The molecule has 0 radical (unpaired) electrons. The molecule has 4 nitrogen and oxygen atoms in total. The van der Waals surface area contributed by atoms with Gasteiger partial charge in [-0.05, 0) is 48.0 Å². The lowest BCUT2D eigenvalue weighted by atomic mass is 9.94. The fourth-order valence-corrected chi connectivity index (χ4v) is 6.33. The summed E-state index contributed by atoms with van der Waals surface area (Å²) in [6, 6.07) is 32.7. The zero-order valence-corrected chi connectivity index (χ0v) is 19.3. The molecule has 0 saturated heterocycles. The van der Waals surface area contributed by atoms with Crippen LogP contribution in [0.3, 0.4) is 0 Å². The first-order valence-electron chi connectivity index (χ1n) is 10.6. The average Bonchev–Trinajstić information content (AvgIpc) is 2.89. The maximum atomic E-state index is 14.7. The van der Waals surface area contributed by atoms with E-state index in [1.165, 1.54) is 0 Å². The minimum atomic E-state index is -3.46. The predicted octanol–water partition coefficient (Wildman–Crippen LogP) is 5.88. The van der Waals surface area contributed by atoms with Gasteiger partial charge < -0.3 is 14.0 Å². The van der Waals surface area contributed by atoms with E-state index in [4.69, 9.17) is 14.0 Å². The number of hydrogen-bond donors (Lipinski definition) is 0. The SMILES string of the molecule is COc1ccc(P2(=O)OC(c3ccccc3)=C(c3ccccc3)c3cc(OC)ccc32)cc1. The van der Waals surface area contributed by atoms with Gasteiger partial charge >= 0.3 is 7.37 Å². The minimum Gasteiger partial charge on any atom is -0.497 e. The average molecular weight is 454 g/mol. The number of methoxy groups -OCH3 is 2. The molecule has 1 aliphatic rings. The van der Waals surface area contributed by atoms with Crippen LogP contribution < -0.4 is 20.1 Å². The van der Waals surface area contributed by atoms with Crippen molar-refractivity contribution in [3.63, 3.8) is 0 Å². The normalized spacial score (nSPS) is 17.2. The lowest BCUT2D eigenvalue weighted by Crippen LogP contribution is -2.25. The van der Waals surface area contributed by atoms with Crippen molar-refractivity contribution in [3.8, 4) is 11.5 Å². The Balaban J connectivity index is 1.83. The van der Waals surface area contributed by atoms with E-state index in [0.29, 0.717) is 27.9 Å². The van der Waals surface area contributed by atoms with Crippen molar-refractivity contribution in [2.45, 2.75) is 0 Å². The van der Waals surface area contributed by atoms with Crippen LogP contribution >= 0.6 is 7.37 Å². The second-order valence-electron chi connectivity index (χ2n) is 7.66. The Labute approximate surface area is 193 Å². The Kier molecular flexibility index (Phi) is 5.53. The molecule has 164 valence electrons. The van der Waals surface area contributed by atoms with Gasteiger partial charge in [-0.25, -0.2) is 0 Å². The number of fused-ring (bicyclic) bond motifs is 1. The molecule has 1 heterocycles. The second-order valence-corrected chi connectivity index (χ2v) is 9.94. The van der Waals surface area contributed by atoms with Crippen LogP contribution in [0.5, 0.6) is 11.5 Å². The van der Waals surface area contributed by atoms with Gasteiger partial charge in [0.25, 0.3) is 0 Å². The Morgan fingerprint density at radius 2 is 1.24 bits per heavy atom. The van der Waals surface area contributed by atoms with Gasteiger partial charge in [0.15, 0.2) is 0 Å². The van der Waals surface area contributed by atoms with Crippen LogP contribution in [0.1, 0.15) is 16.7 Å². The van der Waals surface area contributed by atoms with Crippen LogP contribution in [0.4, 0.5) is 0 Å². The van der Waals surface area contributed by atoms with Gasteiger partial charge in [-0.3, -0.25) is 4.57 Å². The Bertz CT molecular complexity index is 1360. The standard InChI is InChI=1S/C28H23O4P/c1-30-22-13-16-24(17-14-22)33(29)26-18-15-23(31-2)19-25(26)27(20-9-5-3-6-10-20)28(32-33)21-11-7-4-8-12-21/h3-19H,1-2H3. The third-order valence-corrected chi connectivity index (χ3v) is 8.19. The van der Waals surface area contributed by atoms with E-state index < -0.39 is 7.37 Å². The molecule has 0 aromatic heterocycles. The molecule has 5 heteroatoms. The molecule has 1 aliphatic heterocycles. The second kappa shape index (κ2) is 8.65. The summed E-state index contributed by atoms with van der Waals surface area (Å²) in [5, 5.41) is 1.25. The molecule has 0 spiro atoms. The Morgan fingerprint density at radius 3 is 1.85 bits per heavy atom. The number of hydrogen-bond acceptors (Lipinski definition) is 4. The molecule has 0 bridgehead atoms. The van der Waals surface area contributed by atoms with E-state index in [2.05, 4.69) is 0 Å². The summed E-state index contributed by atoms with van der Waals surface area (Å²) in [4.78, 5) is 0. The molecule has 0 fully saturated rings. The zero-order chi connectivity index (χ0) is 22.8. The number of benzene rings is 4. The highest BCUT2D eigenvalue weighted by molar-refractivity contribution is 7.74. The summed E-state index contributed by atoms with van der Waals surface area (Å²) in [6.07, 6.45) is 0. The topological polar surface area (TPSA) is 44.8 Å². The molecular formula is C28H23O4P. The van der Waals surface area contributed by atoms with Crippen molar-refractivity contribution in [2.24, 2.45) is 0 Å². The Hall–Kier alpha value is -3.75. The fourth-order valence-electron chi connectivity index (χ4n) is 4.09. The summed E-state index contributed by atoms with van der Waals surface area (Å²) < 4.78 is 32.1. The summed E-state index contributed by atoms with van der Waals surface area (Å²) in [5.74, 6) is 1.97. The molecule has 4 aromatic carbocycles. The van der Waals surface area contributed by atoms with Crippen LogP contribution in [0.15, 0.2) is 103 Å². The largest absolute Gasteiger partial charge is 0.497 e. The van der Waals surface area contributed by atoms with Gasteiger partial charge in [-0.2, -0.15) is 0 Å². The van der Waals surface area contributed by atoms with Crippen LogP contribution in [0.25, 0.3) is 11.3 Å². The molecule has 1 unspecified atom stereocenters. The summed E-state index contributed by atoms with van der Waals surface area (Å²) in [7, 11) is -0.222. The minimum absolute atomic E-state index is 0.585. The summed E-state index contributed by atoms with van der Waals surface area (Å²) in [5.41, 5.74) is 3.56. The lowest BCUT2D eigenvalue weighted by Gasteiger charge is -2.31. The maximum Gasteiger partial charge on any atom is 0.307 e. The van der Waals surface area contributed by atoms with E-state index in [0.717, 1.165) is 22.3 Å². The van der Waals surface area contributed by atoms with E-state index in [-0.39, 0.29) is 0 Å². The van der Waals surface area contributed by atoms with E-state index >= 15 is 0 Å². The van der Waals surface area contributed by atoms with Gasteiger partial charge in [0.1, 0.15) is 17.3 Å². The van der Waals surface area contributed by atoms with Crippen molar-refractivity contribution in [3.05, 3.63) is 120 Å². The van der Waals surface area contributed by atoms with Gasteiger partial charge in [0.05, 0.1) is 24.8 Å². The van der Waals surface area contributed by atoms with Crippen molar-refractivity contribution in [1.29, 1.82) is 0 Å². The van der Waals surface area contributed by atoms with Crippen LogP contribution in [-0.4, -0.2) is 14.2 Å². The van der Waals surface area contributed by atoms with E-state index in [1.807, 2.05) is 91.0 Å². The molecule has 0 aliphatic carbocycles. The third-order valence-electron chi connectivity index (χ3n) is 5.75. The fraction of sp³-hybridized carbons (Fsp3) is 0.0714. The smallest absolute Gasteiger partial charge is 0.307 e. The molecule has 33 heavy (non-hydrogen) atoms. The van der Waals surface area contributed by atoms with Gasteiger partial charge in [-0.1, -0.05) is 60.7 Å². The van der Waals surface area contributed by atoms with Gasteiger partial charge in [0, 0.05) is 16.7 Å². The molecule has 4 aromatic rings. The molecular weight excluding hydrogens is 431 g/mol. The number of rotatable bonds is 5. The first-order valence-corrected chi connectivity index (χ1v) is 12.2. The monoisotopic (exact) mass is 454 g/mol. The molecule has 0 saturated carbocycles. The van der Waals surface area contributed by atoms with Crippen LogP contribution in [0.2, 0.25) is 0 Å². The third kappa shape index (κ3) is 3.73. The van der Waals surface area contributed by atoms with E-state index in [9.17, 15) is 4.57 Å². The quantitative estimate of drug-likeness (QED) is 0.353. The highest BCUT2D eigenvalue weighted by atomic mass is 31.2. The lowest BCUT2D eigenvalue weighted by molar-refractivity contribution is 0.414. The molecule has 1 atom stereocenters. The first kappa shape index (κ1) is 21.1. The van der Waals surface area contributed by atoms with Gasteiger partial charge in [0.2, 0.25) is 0 Å².